The van der Waals surface area contributed by atoms with Crippen LogP contribution in [0.2, 0.25) is 0 Å². The van der Waals surface area contributed by atoms with E-state index in [1.54, 1.807) is 0 Å². The lowest BCUT2D eigenvalue weighted by Crippen LogP contribution is -2.19. The van der Waals surface area contributed by atoms with Crippen molar-refractivity contribution in [2.24, 2.45) is 0 Å². The number of aromatic hydroxyl groups is 1. The third kappa shape index (κ3) is 3.02. The first-order valence-electron chi connectivity index (χ1n) is 6.58. The quantitative estimate of drug-likeness (QED) is 0.795. The minimum atomic E-state index is 0.122. The van der Waals surface area contributed by atoms with Crippen molar-refractivity contribution in [1.29, 1.82) is 0 Å². The topological polar surface area (TPSA) is 20.2 Å². The largest absolute Gasteiger partial charge is 0.508 e. The van der Waals surface area contributed by atoms with Gasteiger partial charge in [-0.2, -0.15) is 0 Å². The van der Waals surface area contributed by atoms with Crippen LogP contribution < -0.4 is 0 Å². The van der Waals surface area contributed by atoms with Gasteiger partial charge < -0.3 is 5.11 Å². The average molecular weight is 234 g/mol. The van der Waals surface area contributed by atoms with Crippen LogP contribution in [-0.2, 0) is 10.8 Å². The molecule has 1 rings (SSSR count). The molecule has 1 aromatic carbocycles. The zero-order valence-corrected chi connectivity index (χ0v) is 12.1. The van der Waals surface area contributed by atoms with E-state index in [-0.39, 0.29) is 10.8 Å². The molecule has 96 valence electrons. The molecule has 0 saturated heterocycles. The fraction of sp³-hybridized carbons (Fsp3) is 0.625. The maximum atomic E-state index is 9.91. The zero-order valence-electron chi connectivity index (χ0n) is 12.1. The van der Waals surface area contributed by atoms with Gasteiger partial charge in [0.25, 0.3) is 0 Å². The maximum Gasteiger partial charge on any atom is 0.116 e. The highest BCUT2D eigenvalue weighted by Crippen LogP contribution is 2.35. The third-order valence-electron chi connectivity index (χ3n) is 4.25. The first-order chi connectivity index (χ1) is 7.73. The number of phenolic OH excluding ortho intramolecular Hbond substituents is 1. The van der Waals surface area contributed by atoms with Gasteiger partial charge >= 0.3 is 0 Å². The Bertz CT molecular complexity index is 354. The Kier molecular flexibility index (Phi) is 3.91. The van der Waals surface area contributed by atoms with E-state index in [2.05, 4.69) is 47.6 Å². The van der Waals surface area contributed by atoms with Crippen molar-refractivity contribution in [3.63, 3.8) is 0 Å². The Hall–Kier alpha value is -0.980. The summed E-state index contributed by atoms with van der Waals surface area (Å²) in [5.41, 5.74) is 2.71. The van der Waals surface area contributed by atoms with Crippen molar-refractivity contribution < 1.29 is 5.11 Å². The molecule has 1 nitrogen and oxygen atoms in total. The van der Waals surface area contributed by atoms with Crippen molar-refractivity contribution in [1.82, 2.24) is 0 Å². The van der Waals surface area contributed by atoms with Gasteiger partial charge in [-0.15, -0.1) is 0 Å². The number of rotatable bonds is 4. The third-order valence-corrected chi connectivity index (χ3v) is 4.25. The van der Waals surface area contributed by atoms with Gasteiger partial charge in [0.05, 0.1) is 0 Å². The van der Waals surface area contributed by atoms with E-state index in [9.17, 15) is 5.11 Å². The van der Waals surface area contributed by atoms with Crippen molar-refractivity contribution in [3.8, 4) is 5.75 Å². The lowest BCUT2D eigenvalue weighted by atomic mass is 9.76. The fourth-order valence-electron chi connectivity index (χ4n) is 1.80. The molecule has 0 saturated carbocycles. The van der Waals surface area contributed by atoms with E-state index in [1.165, 1.54) is 11.1 Å². The summed E-state index contributed by atoms with van der Waals surface area (Å²) < 4.78 is 0. The van der Waals surface area contributed by atoms with E-state index in [0.717, 1.165) is 12.8 Å². The van der Waals surface area contributed by atoms with Crippen LogP contribution in [0.5, 0.6) is 5.75 Å². The van der Waals surface area contributed by atoms with E-state index < -0.39 is 0 Å². The first-order valence-corrected chi connectivity index (χ1v) is 6.58. The van der Waals surface area contributed by atoms with Gasteiger partial charge in [-0.25, -0.2) is 0 Å². The lowest BCUT2D eigenvalue weighted by molar-refractivity contribution is 0.452. The Morgan fingerprint density at radius 3 is 1.47 bits per heavy atom. The van der Waals surface area contributed by atoms with Crippen LogP contribution in [0, 0.1) is 0 Å². The van der Waals surface area contributed by atoms with Gasteiger partial charge in [0.15, 0.2) is 0 Å². The average Bonchev–Trinajstić information content (AvgIpc) is 2.28. The normalized spacial score (nSPS) is 12.8. The zero-order chi connectivity index (χ0) is 13.3. The second kappa shape index (κ2) is 4.72. The predicted molar refractivity (Wildman–Crippen MR) is 74.7 cm³/mol. The summed E-state index contributed by atoms with van der Waals surface area (Å²) in [5.74, 6) is 0.389. The molecule has 0 spiro atoms. The van der Waals surface area contributed by atoms with Crippen LogP contribution in [0.25, 0.3) is 0 Å². The summed E-state index contributed by atoms with van der Waals surface area (Å²) in [6, 6.07) is 6.06. The molecule has 0 aliphatic rings. The molecule has 0 heterocycles. The molecule has 1 heteroatoms. The van der Waals surface area contributed by atoms with E-state index in [4.69, 9.17) is 0 Å². The molecule has 0 aliphatic heterocycles. The summed E-state index contributed by atoms with van der Waals surface area (Å²) in [6.07, 6.45) is 2.14. The van der Waals surface area contributed by atoms with Crippen molar-refractivity contribution in [2.75, 3.05) is 0 Å². The van der Waals surface area contributed by atoms with Crippen LogP contribution in [0.15, 0.2) is 18.2 Å². The predicted octanol–water partition coefficient (Wildman–Crippen LogP) is 4.77. The first kappa shape index (κ1) is 14.1. The number of hydrogen-bond acceptors (Lipinski definition) is 1. The lowest BCUT2D eigenvalue weighted by Gasteiger charge is -2.28. The maximum absolute atomic E-state index is 9.91. The molecular formula is C16H26O. The van der Waals surface area contributed by atoms with E-state index in [1.807, 2.05) is 12.1 Å². The minimum absolute atomic E-state index is 0.122. The van der Waals surface area contributed by atoms with Gasteiger partial charge in [-0.1, -0.05) is 47.6 Å². The Balaban J connectivity index is 3.29. The Morgan fingerprint density at radius 1 is 0.824 bits per heavy atom. The highest BCUT2D eigenvalue weighted by molar-refractivity contribution is 5.40. The Morgan fingerprint density at radius 2 is 1.18 bits per heavy atom. The van der Waals surface area contributed by atoms with Crippen LogP contribution in [0.3, 0.4) is 0 Å². The van der Waals surface area contributed by atoms with Crippen LogP contribution in [-0.4, -0.2) is 5.11 Å². The second-order valence-electron chi connectivity index (χ2n) is 6.24. The van der Waals surface area contributed by atoms with Crippen molar-refractivity contribution in [3.05, 3.63) is 29.3 Å². The summed E-state index contributed by atoms with van der Waals surface area (Å²) in [4.78, 5) is 0. The van der Waals surface area contributed by atoms with Crippen LogP contribution in [0.4, 0.5) is 0 Å². The summed E-state index contributed by atoms with van der Waals surface area (Å²) in [5, 5.41) is 9.91. The molecule has 0 bridgehead atoms. The number of benzene rings is 1. The highest BCUT2D eigenvalue weighted by Gasteiger charge is 2.24. The molecule has 1 aromatic rings. The number of hydrogen-bond donors (Lipinski definition) is 1. The molecule has 0 amide bonds. The van der Waals surface area contributed by atoms with Gasteiger partial charge in [-0.3, -0.25) is 0 Å². The molecule has 0 fully saturated rings. The van der Waals surface area contributed by atoms with Gasteiger partial charge in [0.2, 0.25) is 0 Å². The summed E-state index contributed by atoms with van der Waals surface area (Å²) in [6.45, 7) is 13.3. The molecular weight excluding hydrogens is 208 g/mol. The van der Waals surface area contributed by atoms with Gasteiger partial charge in [0.1, 0.15) is 5.75 Å². The van der Waals surface area contributed by atoms with Gasteiger partial charge in [-0.05, 0) is 46.9 Å². The summed E-state index contributed by atoms with van der Waals surface area (Å²) in [7, 11) is 0. The Labute approximate surface area is 106 Å². The molecule has 17 heavy (non-hydrogen) atoms. The van der Waals surface area contributed by atoms with Crippen LogP contribution in [0.1, 0.15) is 65.5 Å². The molecule has 0 aliphatic carbocycles. The molecule has 0 atom stereocenters. The van der Waals surface area contributed by atoms with Gasteiger partial charge in [0, 0.05) is 0 Å². The SMILES string of the molecule is CCC(C)(C)c1cc(O)cc(C(C)(C)CC)c1. The van der Waals surface area contributed by atoms with E-state index >= 15 is 0 Å². The van der Waals surface area contributed by atoms with Crippen molar-refractivity contribution >= 4 is 0 Å². The molecule has 0 unspecified atom stereocenters. The molecule has 1 N–H and O–H groups in total. The minimum Gasteiger partial charge on any atom is -0.508 e. The fourth-order valence-corrected chi connectivity index (χ4v) is 1.80. The standard InChI is InChI=1S/C16H26O/c1-7-15(3,4)12-9-13(11-14(17)10-12)16(5,6)8-2/h9-11,17H,7-8H2,1-6H3. The van der Waals surface area contributed by atoms with Crippen LogP contribution >= 0.6 is 0 Å². The smallest absolute Gasteiger partial charge is 0.116 e. The molecule has 0 aromatic heterocycles. The highest BCUT2D eigenvalue weighted by atomic mass is 16.3. The van der Waals surface area contributed by atoms with E-state index in [0.29, 0.717) is 5.75 Å². The monoisotopic (exact) mass is 234 g/mol. The molecule has 0 radical (unpaired) electrons. The van der Waals surface area contributed by atoms with Crippen molar-refractivity contribution in [2.45, 2.75) is 65.2 Å². The second-order valence-corrected chi connectivity index (χ2v) is 6.24. The summed E-state index contributed by atoms with van der Waals surface area (Å²) >= 11 is 0. The number of phenols is 1.